The van der Waals surface area contributed by atoms with Crippen molar-refractivity contribution in [3.63, 3.8) is 0 Å². The molecule has 2 heteroatoms. The Hall–Kier alpha value is -1.02. The molecule has 0 bridgehead atoms. The van der Waals surface area contributed by atoms with Crippen molar-refractivity contribution in [2.24, 2.45) is 5.73 Å². The number of hydrogen-bond donors (Lipinski definition) is 1. The highest BCUT2D eigenvalue weighted by Gasteiger charge is 2.13. The van der Waals surface area contributed by atoms with Gasteiger partial charge in [0, 0.05) is 5.54 Å². The Balaban J connectivity index is 2.87. The molecule has 0 saturated heterocycles. The molecular weight excluding hydrogens is 222 g/mol. The Morgan fingerprint density at radius 1 is 1.17 bits per heavy atom. The van der Waals surface area contributed by atoms with Gasteiger partial charge >= 0.3 is 0 Å². The highest BCUT2D eigenvalue weighted by molar-refractivity contribution is 5.48. The lowest BCUT2D eigenvalue weighted by Crippen LogP contribution is -2.31. The van der Waals surface area contributed by atoms with Crippen LogP contribution in [0.3, 0.4) is 0 Å². The molecule has 0 saturated carbocycles. The largest absolute Gasteiger partial charge is 0.496 e. The van der Waals surface area contributed by atoms with Crippen LogP contribution in [0.5, 0.6) is 5.75 Å². The molecule has 18 heavy (non-hydrogen) atoms. The zero-order valence-electron chi connectivity index (χ0n) is 12.7. The SMILES string of the molecule is COc1cc(C)c(CCCC(C)(C)N)c(C)c1C. The molecular formula is C16H27NO. The first kappa shape index (κ1) is 15.0. The van der Waals surface area contributed by atoms with Crippen LogP contribution in [0.1, 0.15) is 48.9 Å². The van der Waals surface area contributed by atoms with E-state index < -0.39 is 0 Å². The van der Waals surface area contributed by atoms with Crippen molar-refractivity contribution in [3.8, 4) is 5.75 Å². The summed E-state index contributed by atoms with van der Waals surface area (Å²) in [5.41, 5.74) is 11.4. The Morgan fingerprint density at radius 3 is 2.28 bits per heavy atom. The van der Waals surface area contributed by atoms with Gasteiger partial charge in [0.05, 0.1) is 7.11 Å². The van der Waals surface area contributed by atoms with E-state index in [0.717, 1.165) is 25.0 Å². The quantitative estimate of drug-likeness (QED) is 0.864. The van der Waals surface area contributed by atoms with E-state index in [9.17, 15) is 0 Å². The van der Waals surface area contributed by atoms with Gasteiger partial charge in [-0.1, -0.05) is 0 Å². The van der Waals surface area contributed by atoms with Crippen LogP contribution in [-0.4, -0.2) is 12.6 Å². The molecule has 2 nitrogen and oxygen atoms in total. The number of benzene rings is 1. The predicted octanol–water partition coefficient (Wildman–Crippen LogP) is 3.68. The molecule has 0 spiro atoms. The summed E-state index contributed by atoms with van der Waals surface area (Å²) in [4.78, 5) is 0. The van der Waals surface area contributed by atoms with E-state index in [1.165, 1.54) is 22.3 Å². The van der Waals surface area contributed by atoms with Crippen LogP contribution in [0.4, 0.5) is 0 Å². The fourth-order valence-corrected chi connectivity index (χ4v) is 2.42. The number of rotatable bonds is 5. The third-order valence-corrected chi connectivity index (χ3v) is 3.68. The normalized spacial score (nSPS) is 11.7. The molecule has 1 aromatic rings. The maximum atomic E-state index is 6.03. The lowest BCUT2D eigenvalue weighted by molar-refractivity contribution is 0.410. The minimum atomic E-state index is -0.0661. The van der Waals surface area contributed by atoms with E-state index in [0.29, 0.717) is 0 Å². The summed E-state index contributed by atoms with van der Waals surface area (Å²) >= 11 is 0. The minimum absolute atomic E-state index is 0.0661. The van der Waals surface area contributed by atoms with Gasteiger partial charge in [0.2, 0.25) is 0 Å². The van der Waals surface area contributed by atoms with Crippen molar-refractivity contribution in [1.82, 2.24) is 0 Å². The van der Waals surface area contributed by atoms with Gasteiger partial charge in [0.15, 0.2) is 0 Å². The summed E-state index contributed by atoms with van der Waals surface area (Å²) in [6.07, 6.45) is 3.29. The van der Waals surface area contributed by atoms with E-state index in [1.54, 1.807) is 7.11 Å². The highest BCUT2D eigenvalue weighted by atomic mass is 16.5. The third-order valence-electron chi connectivity index (χ3n) is 3.68. The van der Waals surface area contributed by atoms with Crippen molar-refractivity contribution >= 4 is 0 Å². The van der Waals surface area contributed by atoms with E-state index in [1.807, 2.05) is 0 Å². The topological polar surface area (TPSA) is 35.2 Å². The monoisotopic (exact) mass is 249 g/mol. The second-order valence-electron chi connectivity index (χ2n) is 5.97. The summed E-state index contributed by atoms with van der Waals surface area (Å²) < 4.78 is 5.40. The van der Waals surface area contributed by atoms with Crippen LogP contribution in [-0.2, 0) is 6.42 Å². The maximum absolute atomic E-state index is 6.03. The molecule has 2 N–H and O–H groups in total. The van der Waals surface area contributed by atoms with Crippen LogP contribution in [0.15, 0.2) is 6.07 Å². The van der Waals surface area contributed by atoms with E-state index in [2.05, 4.69) is 40.7 Å². The van der Waals surface area contributed by atoms with Gasteiger partial charge < -0.3 is 10.5 Å². The van der Waals surface area contributed by atoms with Gasteiger partial charge in [-0.2, -0.15) is 0 Å². The van der Waals surface area contributed by atoms with Crippen LogP contribution in [0, 0.1) is 20.8 Å². The molecule has 102 valence electrons. The maximum Gasteiger partial charge on any atom is 0.122 e. The number of methoxy groups -OCH3 is 1. The van der Waals surface area contributed by atoms with E-state index >= 15 is 0 Å². The number of ether oxygens (including phenoxy) is 1. The molecule has 1 aromatic carbocycles. The minimum Gasteiger partial charge on any atom is -0.496 e. The summed E-state index contributed by atoms with van der Waals surface area (Å²) in [5, 5.41) is 0. The Morgan fingerprint density at radius 2 is 1.78 bits per heavy atom. The summed E-state index contributed by atoms with van der Waals surface area (Å²) in [7, 11) is 1.73. The first-order valence-corrected chi connectivity index (χ1v) is 6.69. The van der Waals surface area contributed by atoms with Crippen LogP contribution < -0.4 is 10.5 Å². The van der Waals surface area contributed by atoms with Crippen LogP contribution >= 0.6 is 0 Å². The average molecular weight is 249 g/mol. The Labute approximate surface area is 112 Å². The standard InChI is InChI=1S/C16H27NO/c1-11-10-15(18-6)13(3)12(2)14(11)8-7-9-16(4,5)17/h10H,7-9,17H2,1-6H3. The molecule has 0 aliphatic rings. The smallest absolute Gasteiger partial charge is 0.122 e. The van der Waals surface area contributed by atoms with Gasteiger partial charge in [-0.15, -0.1) is 0 Å². The predicted molar refractivity (Wildman–Crippen MR) is 78.4 cm³/mol. The lowest BCUT2D eigenvalue weighted by Gasteiger charge is -2.20. The molecule has 0 aromatic heterocycles. The fourth-order valence-electron chi connectivity index (χ4n) is 2.42. The number of nitrogens with two attached hydrogens (primary N) is 1. The van der Waals surface area contributed by atoms with Crippen molar-refractivity contribution in [2.75, 3.05) is 7.11 Å². The second-order valence-corrected chi connectivity index (χ2v) is 5.97. The van der Waals surface area contributed by atoms with Gasteiger partial charge in [-0.05, 0) is 82.2 Å². The molecule has 0 aliphatic heterocycles. The van der Waals surface area contributed by atoms with Gasteiger partial charge in [-0.25, -0.2) is 0 Å². The summed E-state index contributed by atoms with van der Waals surface area (Å²) in [6, 6.07) is 2.14. The number of hydrogen-bond acceptors (Lipinski definition) is 2. The molecule has 0 unspecified atom stereocenters. The summed E-state index contributed by atoms with van der Waals surface area (Å²) in [5.74, 6) is 0.993. The summed E-state index contributed by atoms with van der Waals surface area (Å²) in [6.45, 7) is 10.7. The van der Waals surface area contributed by atoms with Crippen molar-refractivity contribution in [3.05, 3.63) is 28.3 Å². The van der Waals surface area contributed by atoms with E-state index in [4.69, 9.17) is 10.5 Å². The first-order valence-electron chi connectivity index (χ1n) is 6.69. The zero-order valence-corrected chi connectivity index (χ0v) is 12.7. The molecule has 0 radical (unpaired) electrons. The molecule has 0 aliphatic carbocycles. The molecule has 0 fully saturated rings. The van der Waals surface area contributed by atoms with Gasteiger partial charge in [0.1, 0.15) is 5.75 Å². The molecule has 1 rings (SSSR count). The first-order chi connectivity index (χ1) is 8.26. The van der Waals surface area contributed by atoms with Crippen LogP contribution in [0.25, 0.3) is 0 Å². The second kappa shape index (κ2) is 5.75. The Kier molecular flexibility index (Phi) is 4.80. The molecule has 0 atom stereocenters. The van der Waals surface area contributed by atoms with Crippen LogP contribution in [0.2, 0.25) is 0 Å². The van der Waals surface area contributed by atoms with E-state index in [-0.39, 0.29) is 5.54 Å². The molecule has 0 amide bonds. The average Bonchev–Trinajstić information content (AvgIpc) is 2.26. The highest BCUT2D eigenvalue weighted by Crippen LogP contribution is 2.28. The molecule has 0 heterocycles. The van der Waals surface area contributed by atoms with Crippen molar-refractivity contribution in [2.45, 2.75) is 59.4 Å². The fraction of sp³-hybridized carbons (Fsp3) is 0.625. The van der Waals surface area contributed by atoms with Gasteiger partial charge in [-0.3, -0.25) is 0 Å². The van der Waals surface area contributed by atoms with Gasteiger partial charge in [0.25, 0.3) is 0 Å². The third kappa shape index (κ3) is 3.74. The number of aryl methyl sites for hydroxylation is 1. The lowest BCUT2D eigenvalue weighted by atomic mass is 9.91. The van der Waals surface area contributed by atoms with Crippen molar-refractivity contribution in [1.29, 1.82) is 0 Å². The van der Waals surface area contributed by atoms with Crippen molar-refractivity contribution < 1.29 is 4.74 Å². The zero-order chi connectivity index (χ0) is 13.9. The Bertz CT molecular complexity index is 416.